The summed E-state index contributed by atoms with van der Waals surface area (Å²) < 4.78 is 5.30. The highest BCUT2D eigenvalue weighted by atomic mass is 32.2. The number of rotatable bonds is 10. The van der Waals surface area contributed by atoms with E-state index in [-0.39, 0.29) is 0 Å². The third kappa shape index (κ3) is 6.88. The summed E-state index contributed by atoms with van der Waals surface area (Å²) in [5.74, 6) is 2.95. The van der Waals surface area contributed by atoms with E-state index < -0.39 is 0 Å². The van der Waals surface area contributed by atoms with Crippen molar-refractivity contribution < 1.29 is 4.74 Å². The van der Waals surface area contributed by atoms with Crippen molar-refractivity contribution in [1.82, 2.24) is 5.32 Å². The predicted octanol–water partition coefficient (Wildman–Crippen LogP) is 3.61. The van der Waals surface area contributed by atoms with Gasteiger partial charge in [-0.2, -0.15) is 11.8 Å². The Bertz CT molecular complexity index is 343. The van der Waals surface area contributed by atoms with E-state index in [0.29, 0.717) is 0 Å². The third-order valence-electron chi connectivity index (χ3n) is 3.30. The van der Waals surface area contributed by atoms with Crippen LogP contribution in [0.3, 0.4) is 0 Å². The second kappa shape index (κ2) is 10.2. The predicted molar refractivity (Wildman–Crippen MR) is 86.3 cm³/mol. The molecule has 1 aromatic carbocycles. The van der Waals surface area contributed by atoms with Crippen LogP contribution in [0.15, 0.2) is 24.3 Å². The van der Waals surface area contributed by atoms with Gasteiger partial charge in [-0.3, -0.25) is 0 Å². The van der Waals surface area contributed by atoms with E-state index in [1.807, 2.05) is 17.8 Å². The lowest BCUT2D eigenvalue weighted by Gasteiger charge is -2.17. The smallest absolute Gasteiger partial charge is 0.119 e. The van der Waals surface area contributed by atoms with Gasteiger partial charge in [-0.15, -0.1) is 0 Å². The summed E-state index contributed by atoms with van der Waals surface area (Å²) in [6.07, 6.45) is 5.92. The maximum absolute atomic E-state index is 5.30. The van der Waals surface area contributed by atoms with Gasteiger partial charge in [0.25, 0.3) is 0 Å². The molecule has 1 N–H and O–H groups in total. The van der Waals surface area contributed by atoms with E-state index in [1.54, 1.807) is 7.11 Å². The molecule has 1 rings (SSSR count). The minimum atomic E-state index is 0.721. The van der Waals surface area contributed by atoms with Gasteiger partial charge in [-0.1, -0.05) is 19.1 Å². The number of benzene rings is 1. The Hall–Kier alpha value is -0.670. The average Bonchev–Trinajstić information content (AvgIpc) is 2.45. The minimum Gasteiger partial charge on any atom is -0.497 e. The fraction of sp³-hybridized carbons (Fsp3) is 0.625. The first-order valence-corrected chi connectivity index (χ1v) is 8.52. The van der Waals surface area contributed by atoms with Crippen LogP contribution in [0.2, 0.25) is 0 Å². The molecule has 0 spiro atoms. The zero-order valence-electron chi connectivity index (χ0n) is 12.4. The van der Waals surface area contributed by atoms with Crippen LogP contribution in [0.4, 0.5) is 0 Å². The van der Waals surface area contributed by atoms with Gasteiger partial charge in [-0.25, -0.2) is 0 Å². The first-order chi connectivity index (χ1) is 9.30. The lowest BCUT2D eigenvalue weighted by atomic mass is 9.95. The van der Waals surface area contributed by atoms with E-state index in [9.17, 15) is 0 Å². The summed E-state index contributed by atoms with van der Waals surface area (Å²) in [6, 6.07) is 8.46. The van der Waals surface area contributed by atoms with Crippen molar-refractivity contribution in [1.29, 1.82) is 0 Å². The standard InChI is InChI=1S/C16H27NOS/c1-4-17-13-15(8-6-10-19-3)11-14-7-5-9-16(12-14)18-2/h5,7,9,12,15,17H,4,6,8,10-11,13H2,1-3H3. The van der Waals surface area contributed by atoms with E-state index in [2.05, 4.69) is 36.7 Å². The molecule has 2 nitrogen and oxygen atoms in total. The molecule has 0 aliphatic carbocycles. The van der Waals surface area contributed by atoms with Gasteiger partial charge in [-0.05, 0) is 68.0 Å². The van der Waals surface area contributed by atoms with Gasteiger partial charge < -0.3 is 10.1 Å². The second-order valence-corrected chi connectivity index (χ2v) is 5.85. The number of methoxy groups -OCH3 is 1. The van der Waals surface area contributed by atoms with Gasteiger partial charge >= 0.3 is 0 Å². The lowest BCUT2D eigenvalue weighted by molar-refractivity contribution is 0.412. The van der Waals surface area contributed by atoms with Crippen LogP contribution in [0.25, 0.3) is 0 Å². The molecule has 0 heterocycles. The van der Waals surface area contributed by atoms with Gasteiger partial charge in [0, 0.05) is 0 Å². The van der Waals surface area contributed by atoms with Crippen LogP contribution < -0.4 is 10.1 Å². The summed E-state index contributed by atoms with van der Waals surface area (Å²) in [5, 5.41) is 3.49. The molecule has 3 heteroatoms. The summed E-state index contributed by atoms with van der Waals surface area (Å²) in [4.78, 5) is 0. The minimum absolute atomic E-state index is 0.721. The van der Waals surface area contributed by atoms with Crippen molar-refractivity contribution in [3.63, 3.8) is 0 Å². The fourth-order valence-electron chi connectivity index (χ4n) is 2.27. The maximum atomic E-state index is 5.30. The zero-order chi connectivity index (χ0) is 13.9. The summed E-state index contributed by atoms with van der Waals surface area (Å²) in [7, 11) is 1.73. The molecule has 0 bridgehead atoms. The van der Waals surface area contributed by atoms with Crippen LogP contribution in [0, 0.1) is 5.92 Å². The van der Waals surface area contributed by atoms with Crippen molar-refractivity contribution in [3.05, 3.63) is 29.8 Å². The van der Waals surface area contributed by atoms with E-state index >= 15 is 0 Å². The van der Waals surface area contributed by atoms with Crippen LogP contribution in [0.1, 0.15) is 25.3 Å². The summed E-state index contributed by atoms with van der Waals surface area (Å²) in [6.45, 7) is 4.34. The topological polar surface area (TPSA) is 21.3 Å². The van der Waals surface area contributed by atoms with Crippen LogP contribution >= 0.6 is 11.8 Å². The summed E-state index contributed by atoms with van der Waals surface area (Å²) >= 11 is 1.94. The zero-order valence-corrected chi connectivity index (χ0v) is 13.3. The molecule has 19 heavy (non-hydrogen) atoms. The Morgan fingerprint density at radius 2 is 2.21 bits per heavy atom. The molecule has 0 radical (unpaired) electrons. The van der Waals surface area contributed by atoms with Crippen LogP contribution in [-0.4, -0.2) is 32.2 Å². The highest BCUT2D eigenvalue weighted by molar-refractivity contribution is 7.98. The van der Waals surface area contributed by atoms with Crippen molar-refractivity contribution in [2.45, 2.75) is 26.2 Å². The highest BCUT2D eigenvalue weighted by Gasteiger charge is 2.09. The number of nitrogens with one attached hydrogen (secondary N) is 1. The molecule has 1 unspecified atom stereocenters. The summed E-state index contributed by atoms with van der Waals surface area (Å²) in [5.41, 5.74) is 1.38. The van der Waals surface area contributed by atoms with Crippen LogP contribution in [-0.2, 0) is 6.42 Å². The quantitative estimate of drug-likeness (QED) is 0.662. The number of thioether (sulfide) groups is 1. The Morgan fingerprint density at radius 3 is 2.89 bits per heavy atom. The molecule has 1 aromatic rings. The largest absolute Gasteiger partial charge is 0.497 e. The molecule has 0 amide bonds. The van der Waals surface area contributed by atoms with Gasteiger partial charge in [0.05, 0.1) is 7.11 Å². The fourth-order valence-corrected chi connectivity index (χ4v) is 2.73. The molecule has 108 valence electrons. The van der Waals surface area contributed by atoms with Crippen molar-refractivity contribution >= 4 is 11.8 Å². The van der Waals surface area contributed by atoms with Crippen molar-refractivity contribution in [3.8, 4) is 5.75 Å². The lowest BCUT2D eigenvalue weighted by Crippen LogP contribution is -2.24. The molecule has 1 atom stereocenters. The van der Waals surface area contributed by atoms with E-state index in [1.165, 1.54) is 24.2 Å². The Balaban J connectivity index is 2.53. The van der Waals surface area contributed by atoms with Gasteiger partial charge in [0.2, 0.25) is 0 Å². The van der Waals surface area contributed by atoms with Crippen molar-refractivity contribution in [2.24, 2.45) is 5.92 Å². The second-order valence-electron chi connectivity index (χ2n) is 4.86. The van der Waals surface area contributed by atoms with Crippen LogP contribution in [0.5, 0.6) is 5.75 Å². The van der Waals surface area contributed by atoms with Crippen molar-refractivity contribution in [2.75, 3.05) is 32.2 Å². The first-order valence-electron chi connectivity index (χ1n) is 7.12. The average molecular weight is 281 g/mol. The number of hydrogen-bond donors (Lipinski definition) is 1. The molecule has 0 saturated carbocycles. The maximum Gasteiger partial charge on any atom is 0.119 e. The molecule has 0 aliphatic heterocycles. The Kier molecular flexibility index (Phi) is 8.76. The number of ether oxygens (including phenoxy) is 1. The molecule has 0 aliphatic rings. The molecule has 0 saturated heterocycles. The molecular weight excluding hydrogens is 254 g/mol. The monoisotopic (exact) mass is 281 g/mol. The normalized spacial score (nSPS) is 12.4. The Morgan fingerprint density at radius 1 is 1.37 bits per heavy atom. The molecule has 0 aromatic heterocycles. The van der Waals surface area contributed by atoms with E-state index in [0.717, 1.165) is 31.2 Å². The SMILES string of the molecule is CCNCC(CCCSC)Cc1cccc(OC)c1. The highest BCUT2D eigenvalue weighted by Crippen LogP contribution is 2.19. The number of hydrogen-bond acceptors (Lipinski definition) is 3. The van der Waals surface area contributed by atoms with E-state index in [4.69, 9.17) is 4.74 Å². The Labute approximate surface area is 122 Å². The third-order valence-corrected chi connectivity index (χ3v) is 4.00. The van der Waals surface area contributed by atoms with Gasteiger partial charge in [0.1, 0.15) is 5.75 Å². The molecular formula is C16H27NOS. The molecule has 0 fully saturated rings. The van der Waals surface area contributed by atoms with Gasteiger partial charge in [0.15, 0.2) is 0 Å². The first kappa shape index (κ1) is 16.4.